The van der Waals surface area contributed by atoms with Gasteiger partial charge in [0.25, 0.3) is 0 Å². The number of halogens is 1. The molecule has 1 N–H and O–H groups in total. The van der Waals surface area contributed by atoms with E-state index in [-0.39, 0.29) is 17.5 Å². The van der Waals surface area contributed by atoms with Gasteiger partial charge in [-0.1, -0.05) is 18.7 Å². The fourth-order valence-corrected chi connectivity index (χ4v) is 4.95. The molecule has 0 atom stereocenters. The van der Waals surface area contributed by atoms with Crippen molar-refractivity contribution in [3.8, 4) is 0 Å². The minimum atomic E-state index is -0.280. The van der Waals surface area contributed by atoms with Crippen LogP contribution in [-0.4, -0.2) is 56.8 Å². The van der Waals surface area contributed by atoms with Gasteiger partial charge >= 0.3 is 0 Å². The van der Waals surface area contributed by atoms with E-state index in [1.165, 1.54) is 43.2 Å². The smallest absolute Gasteiger partial charge is 0.230 e. The molecule has 2 aromatic heterocycles. The first-order valence-corrected chi connectivity index (χ1v) is 12.9. The third-order valence-electron chi connectivity index (χ3n) is 5.21. The van der Waals surface area contributed by atoms with Crippen molar-refractivity contribution in [3.63, 3.8) is 0 Å². The Balaban J connectivity index is 1.39. The van der Waals surface area contributed by atoms with Crippen LogP contribution in [0, 0.1) is 5.82 Å². The molecule has 0 radical (unpaired) electrons. The number of hydrogen-bond acceptors (Lipinski definition) is 7. The van der Waals surface area contributed by atoms with Gasteiger partial charge in [0.2, 0.25) is 5.91 Å². The van der Waals surface area contributed by atoms with Crippen LogP contribution in [0.25, 0.3) is 11.0 Å². The first-order valence-electron chi connectivity index (χ1n) is 10.9. The van der Waals surface area contributed by atoms with Crippen LogP contribution in [0.2, 0.25) is 0 Å². The summed E-state index contributed by atoms with van der Waals surface area (Å²) in [5, 5.41) is 9.20. The molecule has 7 nitrogen and oxygen atoms in total. The highest BCUT2D eigenvalue weighted by atomic mass is 32.2. The summed E-state index contributed by atoms with van der Waals surface area (Å²) in [4.78, 5) is 25.0. The summed E-state index contributed by atoms with van der Waals surface area (Å²) in [6.45, 7) is 5.10. The number of carbonyl (C=O) groups is 1. The van der Waals surface area contributed by atoms with E-state index in [0.717, 1.165) is 45.7 Å². The van der Waals surface area contributed by atoms with Crippen molar-refractivity contribution in [2.45, 2.75) is 42.8 Å². The lowest BCUT2D eigenvalue weighted by atomic mass is 10.1. The number of fused-ring (bicyclic) bond motifs is 1. The minimum Gasteiger partial charge on any atom is -0.356 e. The van der Waals surface area contributed by atoms with Crippen LogP contribution in [0.4, 0.5) is 10.2 Å². The fraction of sp³-hybridized carbons (Fsp3) is 0.455. The van der Waals surface area contributed by atoms with Gasteiger partial charge in [-0.05, 0) is 49.3 Å². The maximum absolute atomic E-state index is 13.0. The number of rotatable bonds is 9. The SMILES string of the molecule is CCSc1nc(N2CCCCC2)c2cnn(CCNC(=O)CSc3ccc(F)cc3)c2n1. The number of benzene rings is 1. The number of amides is 1. The molecule has 1 aliphatic rings. The van der Waals surface area contributed by atoms with Crippen molar-refractivity contribution in [2.24, 2.45) is 0 Å². The molecule has 3 heterocycles. The highest BCUT2D eigenvalue weighted by Gasteiger charge is 2.20. The first kappa shape index (κ1) is 22.8. The summed E-state index contributed by atoms with van der Waals surface area (Å²) in [6.07, 6.45) is 5.46. The zero-order valence-corrected chi connectivity index (χ0v) is 19.7. The maximum Gasteiger partial charge on any atom is 0.230 e. The van der Waals surface area contributed by atoms with Gasteiger partial charge in [0.05, 0.1) is 23.9 Å². The minimum absolute atomic E-state index is 0.0679. The van der Waals surface area contributed by atoms with Crippen molar-refractivity contribution in [1.29, 1.82) is 0 Å². The van der Waals surface area contributed by atoms with Crippen LogP contribution in [0.3, 0.4) is 0 Å². The molecule has 0 unspecified atom stereocenters. The summed E-state index contributed by atoms with van der Waals surface area (Å²) in [5.41, 5.74) is 0.812. The van der Waals surface area contributed by atoms with Gasteiger partial charge in [-0.2, -0.15) is 5.10 Å². The second-order valence-corrected chi connectivity index (χ2v) is 9.79. The quantitative estimate of drug-likeness (QED) is 0.371. The molecule has 3 aromatic rings. The van der Waals surface area contributed by atoms with E-state index >= 15 is 0 Å². The number of nitrogens with one attached hydrogen (secondary N) is 1. The average molecular weight is 475 g/mol. The van der Waals surface area contributed by atoms with Crippen LogP contribution in [0.1, 0.15) is 26.2 Å². The lowest BCUT2D eigenvalue weighted by Gasteiger charge is -2.28. The number of piperidine rings is 1. The van der Waals surface area contributed by atoms with Crippen molar-refractivity contribution >= 4 is 46.3 Å². The normalized spacial score (nSPS) is 14.1. The van der Waals surface area contributed by atoms with Crippen molar-refractivity contribution in [2.75, 3.05) is 36.0 Å². The molecule has 1 aliphatic heterocycles. The molecule has 170 valence electrons. The summed E-state index contributed by atoms with van der Waals surface area (Å²) in [5.74, 6) is 1.81. The Kier molecular flexibility index (Phi) is 7.85. The molecule has 1 amide bonds. The van der Waals surface area contributed by atoms with Crippen LogP contribution in [0.5, 0.6) is 0 Å². The zero-order valence-electron chi connectivity index (χ0n) is 18.1. The second kappa shape index (κ2) is 11.0. The van der Waals surface area contributed by atoms with Crippen LogP contribution >= 0.6 is 23.5 Å². The van der Waals surface area contributed by atoms with E-state index in [0.29, 0.717) is 13.1 Å². The van der Waals surface area contributed by atoms with Gasteiger partial charge in [0.15, 0.2) is 10.8 Å². The lowest BCUT2D eigenvalue weighted by Crippen LogP contribution is -2.30. The number of thioether (sulfide) groups is 2. The van der Waals surface area contributed by atoms with E-state index in [4.69, 9.17) is 9.97 Å². The van der Waals surface area contributed by atoms with E-state index in [1.807, 2.05) is 10.9 Å². The van der Waals surface area contributed by atoms with Gasteiger partial charge < -0.3 is 10.2 Å². The molecule has 0 aliphatic carbocycles. The molecular formula is C22H27FN6OS2. The predicted octanol–water partition coefficient (Wildman–Crippen LogP) is 3.98. The summed E-state index contributed by atoms with van der Waals surface area (Å²) in [7, 11) is 0. The predicted molar refractivity (Wildman–Crippen MR) is 128 cm³/mol. The summed E-state index contributed by atoms with van der Waals surface area (Å²) >= 11 is 3.01. The highest BCUT2D eigenvalue weighted by Crippen LogP contribution is 2.29. The topological polar surface area (TPSA) is 75.9 Å². The number of hydrogen-bond donors (Lipinski definition) is 1. The lowest BCUT2D eigenvalue weighted by molar-refractivity contribution is -0.118. The van der Waals surface area contributed by atoms with E-state index in [2.05, 4.69) is 22.2 Å². The van der Waals surface area contributed by atoms with Gasteiger partial charge in [-0.15, -0.1) is 11.8 Å². The molecule has 32 heavy (non-hydrogen) atoms. The van der Waals surface area contributed by atoms with E-state index in [1.54, 1.807) is 23.9 Å². The van der Waals surface area contributed by atoms with Gasteiger partial charge in [-0.25, -0.2) is 19.0 Å². The fourth-order valence-electron chi connectivity index (χ4n) is 3.66. The van der Waals surface area contributed by atoms with E-state index in [9.17, 15) is 9.18 Å². The molecule has 0 bridgehead atoms. The Morgan fingerprint density at radius 1 is 1.12 bits per heavy atom. The summed E-state index contributed by atoms with van der Waals surface area (Å²) < 4.78 is 14.8. The number of nitrogens with zero attached hydrogens (tertiary/aromatic N) is 5. The first-order chi connectivity index (χ1) is 15.6. The van der Waals surface area contributed by atoms with Crippen molar-refractivity contribution in [1.82, 2.24) is 25.1 Å². The standard InChI is InChI=1S/C22H27FN6OS2/c1-2-31-22-26-20(28-11-4-3-5-12-28)18-14-25-29(21(18)27-22)13-10-24-19(30)15-32-17-8-6-16(23)7-9-17/h6-9,14H,2-5,10-13,15H2,1H3,(H,24,30). The van der Waals surface area contributed by atoms with Crippen LogP contribution in [-0.2, 0) is 11.3 Å². The molecule has 0 spiro atoms. The molecule has 1 saturated heterocycles. The highest BCUT2D eigenvalue weighted by molar-refractivity contribution is 8.00. The van der Waals surface area contributed by atoms with Crippen molar-refractivity contribution < 1.29 is 9.18 Å². The Hall–Kier alpha value is -2.33. The summed E-state index contributed by atoms with van der Waals surface area (Å²) in [6, 6.07) is 6.14. The maximum atomic E-state index is 13.0. The molecule has 10 heteroatoms. The van der Waals surface area contributed by atoms with Gasteiger partial charge in [0, 0.05) is 24.5 Å². The number of carbonyl (C=O) groups excluding carboxylic acids is 1. The third-order valence-corrected chi connectivity index (χ3v) is 6.96. The molecule has 0 saturated carbocycles. The monoisotopic (exact) mass is 474 g/mol. The van der Waals surface area contributed by atoms with Crippen LogP contribution < -0.4 is 10.2 Å². The zero-order chi connectivity index (χ0) is 22.3. The Labute approximate surface area is 195 Å². The number of anilines is 1. The molecular weight excluding hydrogens is 447 g/mol. The van der Waals surface area contributed by atoms with Gasteiger partial charge in [0.1, 0.15) is 11.6 Å². The van der Waals surface area contributed by atoms with Crippen molar-refractivity contribution in [3.05, 3.63) is 36.3 Å². The Morgan fingerprint density at radius 2 is 1.91 bits per heavy atom. The molecule has 1 fully saturated rings. The molecule has 4 rings (SSSR count). The average Bonchev–Trinajstić information content (AvgIpc) is 3.22. The molecule has 1 aromatic carbocycles. The third kappa shape index (κ3) is 5.72. The van der Waals surface area contributed by atoms with Gasteiger partial charge in [-0.3, -0.25) is 4.79 Å². The second-order valence-electron chi connectivity index (χ2n) is 7.51. The largest absolute Gasteiger partial charge is 0.356 e. The number of aromatic nitrogens is 4. The van der Waals surface area contributed by atoms with E-state index < -0.39 is 0 Å². The Bertz CT molecular complexity index is 1050. The van der Waals surface area contributed by atoms with Crippen LogP contribution in [0.15, 0.2) is 40.5 Å². The Morgan fingerprint density at radius 3 is 2.66 bits per heavy atom.